The second kappa shape index (κ2) is 4.01. The van der Waals surface area contributed by atoms with Crippen molar-refractivity contribution in [2.24, 2.45) is 0 Å². The zero-order chi connectivity index (χ0) is 11.7. The Morgan fingerprint density at radius 3 is 2.12 bits per heavy atom. The van der Waals surface area contributed by atoms with E-state index in [-0.39, 0.29) is 0 Å². The lowest BCUT2D eigenvalue weighted by atomic mass is 9.97. The second-order valence-corrected chi connectivity index (χ2v) is 4.33. The molecular formula is C15H16O. The number of phenolic OH excluding ortho intramolecular Hbond substituents is 1. The van der Waals surface area contributed by atoms with E-state index in [4.69, 9.17) is 0 Å². The highest BCUT2D eigenvalue weighted by molar-refractivity contribution is 5.70. The quantitative estimate of drug-likeness (QED) is 0.758. The summed E-state index contributed by atoms with van der Waals surface area (Å²) in [4.78, 5) is 0. The topological polar surface area (TPSA) is 20.2 Å². The molecule has 0 fully saturated rings. The SMILES string of the molecule is Cc1cc(C)cc(-c2cccc(O)c2C)c1. The number of aromatic hydroxyl groups is 1. The molecule has 0 bridgehead atoms. The van der Waals surface area contributed by atoms with E-state index in [1.54, 1.807) is 6.07 Å². The van der Waals surface area contributed by atoms with Crippen LogP contribution in [0.5, 0.6) is 5.75 Å². The fourth-order valence-corrected chi connectivity index (χ4v) is 2.07. The van der Waals surface area contributed by atoms with Gasteiger partial charge in [-0.1, -0.05) is 41.5 Å². The van der Waals surface area contributed by atoms with E-state index in [1.807, 2.05) is 19.1 Å². The Labute approximate surface area is 96.4 Å². The number of hydrogen-bond donors (Lipinski definition) is 1. The molecule has 0 aliphatic carbocycles. The van der Waals surface area contributed by atoms with Crippen LogP contribution in [-0.2, 0) is 0 Å². The van der Waals surface area contributed by atoms with Crippen molar-refractivity contribution < 1.29 is 5.11 Å². The summed E-state index contributed by atoms with van der Waals surface area (Å²) in [5, 5.41) is 9.70. The molecule has 0 saturated carbocycles. The predicted octanol–water partition coefficient (Wildman–Crippen LogP) is 3.98. The van der Waals surface area contributed by atoms with Gasteiger partial charge < -0.3 is 5.11 Å². The summed E-state index contributed by atoms with van der Waals surface area (Å²) in [5.74, 6) is 0.358. The van der Waals surface area contributed by atoms with Gasteiger partial charge in [0.2, 0.25) is 0 Å². The maximum atomic E-state index is 9.70. The van der Waals surface area contributed by atoms with E-state index in [9.17, 15) is 5.11 Å². The Morgan fingerprint density at radius 2 is 1.50 bits per heavy atom. The molecule has 0 heterocycles. The van der Waals surface area contributed by atoms with Crippen molar-refractivity contribution in [3.63, 3.8) is 0 Å². The van der Waals surface area contributed by atoms with Gasteiger partial charge in [-0.2, -0.15) is 0 Å². The molecule has 1 N–H and O–H groups in total. The minimum absolute atomic E-state index is 0.358. The van der Waals surface area contributed by atoms with Crippen LogP contribution in [0.15, 0.2) is 36.4 Å². The van der Waals surface area contributed by atoms with E-state index < -0.39 is 0 Å². The van der Waals surface area contributed by atoms with Crippen LogP contribution < -0.4 is 0 Å². The highest BCUT2D eigenvalue weighted by Crippen LogP contribution is 2.30. The van der Waals surface area contributed by atoms with Gasteiger partial charge in [-0.15, -0.1) is 0 Å². The highest BCUT2D eigenvalue weighted by atomic mass is 16.3. The maximum Gasteiger partial charge on any atom is 0.119 e. The van der Waals surface area contributed by atoms with Crippen LogP contribution in [0.1, 0.15) is 16.7 Å². The number of rotatable bonds is 1. The lowest BCUT2D eigenvalue weighted by Gasteiger charge is -2.09. The van der Waals surface area contributed by atoms with Crippen LogP contribution in [-0.4, -0.2) is 5.11 Å². The van der Waals surface area contributed by atoms with Gasteiger partial charge in [0.15, 0.2) is 0 Å². The first-order chi connectivity index (χ1) is 7.58. The second-order valence-electron chi connectivity index (χ2n) is 4.33. The van der Waals surface area contributed by atoms with Gasteiger partial charge in [0.25, 0.3) is 0 Å². The van der Waals surface area contributed by atoms with E-state index in [0.29, 0.717) is 5.75 Å². The van der Waals surface area contributed by atoms with E-state index in [0.717, 1.165) is 11.1 Å². The molecule has 0 spiro atoms. The summed E-state index contributed by atoms with van der Waals surface area (Å²) < 4.78 is 0. The molecule has 2 aromatic carbocycles. The van der Waals surface area contributed by atoms with Crippen LogP contribution in [0.3, 0.4) is 0 Å². The van der Waals surface area contributed by atoms with Gasteiger partial charge in [-0.05, 0) is 43.5 Å². The standard InChI is InChI=1S/C15H16O/c1-10-7-11(2)9-13(8-10)14-5-4-6-15(16)12(14)3/h4-9,16H,1-3H3. The minimum atomic E-state index is 0.358. The normalized spacial score (nSPS) is 10.4. The number of phenols is 1. The Hall–Kier alpha value is -1.76. The molecule has 2 aromatic rings. The summed E-state index contributed by atoms with van der Waals surface area (Å²) in [7, 11) is 0. The van der Waals surface area contributed by atoms with Crippen LogP contribution in [0.2, 0.25) is 0 Å². The van der Waals surface area contributed by atoms with Crippen molar-refractivity contribution in [1.29, 1.82) is 0 Å². The summed E-state index contributed by atoms with van der Waals surface area (Å²) in [6, 6.07) is 12.1. The lowest BCUT2D eigenvalue weighted by Crippen LogP contribution is -1.86. The molecule has 0 aliphatic rings. The third-order valence-electron chi connectivity index (χ3n) is 2.84. The molecule has 0 saturated heterocycles. The summed E-state index contributed by atoms with van der Waals surface area (Å²) in [6.07, 6.45) is 0. The Bertz CT molecular complexity index is 507. The largest absolute Gasteiger partial charge is 0.508 e. The lowest BCUT2D eigenvalue weighted by molar-refractivity contribution is 0.471. The molecule has 0 amide bonds. The molecule has 0 atom stereocenters. The number of aryl methyl sites for hydroxylation is 2. The Kier molecular flexibility index (Phi) is 2.69. The third kappa shape index (κ3) is 1.94. The van der Waals surface area contributed by atoms with Gasteiger partial charge in [0, 0.05) is 0 Å². The maximum absolute atomic E-state index is 9.70. The highest BCUT2D eigenvalue weighted by Gasteiger charge is 2.05. The molecule has 16 heavy (non-hydrogen) atoms. The fourth-order valence-electron chi connectivity index (χ4n) is 2.07. The average molecular weight is 212 g/mol. The zero-order valence-corrected chi connectivity index (χ0v) is 9.91. The van der Waals surface area contributed by atoms with Crippen molar-refractivity contribution in [1.82, 2.24) is 0 Å². The van der Waals surface area contributed by atoms with Gasteiger partial charge in [-0.25, -0.2) is 0 Å². The average Bonchev–Trinajstić information content (AvgIpc) is 2.20. The van der Waals surface area contributed by atoms with E-state index in [1.165, 1.54) is 16.7 Å². The number of hydrogen-bond acceptors (Lipinski definition) is 1. The van der Waals surface area contributed by atoms with Crippen molar-refractivity contribution in [2.45, 2.75) is 20.8 Å². The first kappa shape index (κ1) is 10.7. The molecule has 0 aromatic heterocycles. The summed E-state index contributed by atoms with van der Waals surface area (Å²) >= 11 is 0. The molecule has 82 valence electrons. The molecule has 2 rings (SSSR count). The van der Waals surface area contributed by atoms with Crippen molar-refractivity contribution in [2.75, 3.05) is 0 Å². The van der Waals surface area contributed by atoms with Crippen LogP contribution >= 0.6 is 0 Å². The van der Waals surface area contributed by atoms with Crippen molar-refractivity contribution in [3.8, 4) is 16.9 Å². The Balaban J connectivity index is 2.63. The predicted molar refractivity (Wildman–Crippen MR) is 67.8 cm³/mol. The van der Waals surface area contributed by atoms with Crippen molar-refractivity contribution >= 4 is 0 Å². The number of benzene rings is 2. The molecule has 1 nitrogen and oxygen atoms in total. The van der Waals surface area contributed by atoms with Crippen LogP contribution in [0.4, 0.5) is 0 Å². The monoisotopic (exact) mass is 212 g/mol. The first-order valence-electron chi connectivity index (χ1n) is 5.45. The van der Waals surface area contributed by atoms with Crippen molar-refractivity contribution in [3.05, 3.63) is 53.1 Å². The molecule has 0 radical (unpaired) electrons. The molecule has 1 heteroatoms. The Morgan fingerprint density at radius 1 is 0.875 bits per heavy atom. The minimum Gasteiger partial charge on any atom is -0.508 e. The molecular weight excluding hydrogens is 196 g/mol. The summed E-state index contributed by atoms with van der Waals surface area (Å²) in [5.41, 5.74) is 5.71. The zero-order valence-electron chi connectivity index (χ0n) is 9.91. The van der Waals surface area contributed by atoms with Gasteiger partial charge in [0.05, 0.1) is 0 Å². The summed E-state index contributed by atoms with van der Waals surface area (Å²) in [6.45, 7) is 6.13. The smallest absolute Gasteiger partial charge is 0.119 e. The fraction of sp³-hybridized carbons (Fsp3) is 0.200. The van der Waals surface area contributed by atoms with Gasteiger partial charge >= 0.3 is 0 Å². The third-order valence-corrected chi connectivity index (χ3v) is 2.84. The van der Waals surface area contributed by atoms with Gasteiger partial charge in [-0.3, -0.25) is 0 Å². The van der Waals surface area contributed by atoms with Gasteiger partial charge in [0.1, 0.15) is 5.75 Å². The first-order valence-corrected chi connectivity index (χ1v) is 5.45. The molecule has 0 unspecified atom stereocenters. The van der Waals surface area contributed by atoms with Crippen LogP contribution in [0.25, 0.3) is 11.1 Å². The van der Waals surface area contributed by atoms with E-state index >= 15 is 0 Å². The van der Waals surface area contributed by atoms with E-state index in [2.05, 4.69) is 32.0 Å². The van der Waals surface area contributed by atoms with Crippen LogP contribution in [0, 0.1) is 20.8 Å². The molecule has 0 aliphatic heterocycles.